The van der Waals surface area contributed by atoms with Crippen molar-refractivity contribution in [2.45, 2.75) is 45.7 Å². The Labute approximate surface area is 122 Å². The summed E-state index contributed by atoms with van der Waals surface area (Å²) < 4.78 is 23.0. The Morgan fingerprint density at radius 2 is 2.00 bits per heavy atom. The number of nitrogens with two attached hydrogens (primary N) is 1. The molecule has 0 radical (unpaired) electrons. The number of halogens is 1. The molecular formula is C12H25ClN2O3S. The molecule has 1 rings (SSSR count). The summed E-state index contributed by atoms with van der Waals surface area (Å²) in [4.78, 5) is 14.0. The molecule has 0 saturated carbocycles. The molecule has 7 heteroatoms. The second-order valence-corrected chi connectivity index (χ2v) is 7.47. The topological polar surface area (TPSA) is 80.5 Å². The Balaban J connectivity index is 0.00000324. The van der Waals surface area contributed by atoms with Crippen LogP contribution < -0.4 is 5.73 Å². The first-order valence-electron chi connectivity index (χ1n) is 6.55. The molecule has 2 N–H and O–H groups in total. The Kier molecular flexibility index (Phi) is 7.32. The smallest absolute Gasteiger partial charge is 0.227 e. The van der Waals surface area contributed by atoms with Crippen molar-refractivity contribution in [3.63, 3.8) is 0 Å². The molecule has 1 aliphatic heterocycles. The van der Waals surface area contributed by atoms with Crippen LogP contribution in [0.3, 0.4) is 0 Å². The lowest BCUT2D eigenvalue weighted by molar-refractivity contribution is -0.137. The van der Waals surface area contributed by atoms with E-state index in [1.165, 1.54) is 0 Å². The van der Waals surface area contributed by atoms with Gasteiger partial charge < -0.3 is 10.6 Å². The minimum atomic E-state index is -2.96. The van der Waals surface area contributed by atoms with Crippen molar-refractivity contribution in [1.29, 1.82) is 0 Å². The van der Waals surface area contributed by atoms with Gasteiger partial charge in [0.2, 0.25) is 5.91 Å². The van der Waals surface area contributed by atoms with E-state index in [0.29, 0.717) is 13.0 Å². The molecule has 0 aromatic carbocycles. The molecule has 19 heavy (non-hydrogen) atoms. The van der Waals surface area contributed by atoms with Crippen LogP contribution in [0.15, 0.2) is 0 Å². The number of nitrogens with zero attached hydrogens (tertiary/aromatic N) is 1. The van der Waals surface area contributed by atoms with Gasteiger partial charge in [0.25, 0.3) is 0 Å². The van der Waals surface area contributed by atoms with Crippen LogP contribution in [0.4, 0.5) is 0 Å². The third kappa shape index (κ3) is 4.93. The predicted octanol–water partition coefficient (Wildman–Crippen LogP) is 0.817. The molecule has 114 valence electrons. The Morgan fingerprint density at radius 1 is 1.42 bits per heavy atom. The van der Waals surface area contributed by atoms with Gasteiger partial charge in [0.15, 0.2) is 9.84 Å². The highest BCUT2D eigenvalue weighted by Crippen LogP contribution is 2.20. The highest BCUT2D eigenvalue weighted by Gasteiger charge is 2.36. The number of hydrogen-bond donors (Lipinski definition) is 1. The van der Waals surface area contributed by atoms with E-state index in [1.807, 2.05) is 6.92 Å². The quantitative estimate of drug-likeness (QED) is 0.815. The maximum absolute atomic E-state index is 12.3. The van der Waals surface area contributed by atoms with Crippen molar-refractivity contribution in [2.75, 3.05) is 18.1 Å². The van der Waals surface area contributed by atoms with Crippen LogP contribution in [0.25, 0.3) is 0 Å². The lowest BCUT2D eigenvalue weighted by Crippen LogP contribution is -2.47. The summed E-state index contributed by atoms with van der Waals surface area (Å²) in [5, 5.41) is 0. The van der Waals surface area contributed by atoms with Crippen molar-refractivity contribution in [2.24, 2.45) is 11.7 Å². The van der Waals surface area contributed by atoms with Gasteiger partial charge in [0.05, 0.1) is 17.4 Å². The van der Waals surface area contributed by atoms with Crippen molar-refractivity contribution >= 4 is 28.2 Å². The van der Waals surface area contributed by atoms with Gasteiger partial charge >= 0.3 is 0 Å². The first kappa shape index (κ1) is 18.7. The predicted molar refractivity (Wildman–Crippen MR) is 79.1 cm³/mol. The summed E-state index contributed by atoms with van der Waals surface area (Å²) >= 11 is 0. The van der Waals surface area contributed by atoms with E-state index >= 15 is 0 Å². The van der Waals surface area contributed by atoms with Gasteiger partial charge in [-0.3, -0.25) is 4.79 Å². The third-order valence-electron chi connectivity index (χ3n) is 3.57. The molecule has 1 fully saturated rings. The van der Waals surface area contributed by atoms with E-state index in [4.69, 9.17) is 5.73 Å². The first-order chi connectivity index (χ1) is 8.28. The molecule has 5 nitrogen and oxygen atoms in total. The lowest BCUT2D eigenvalue weighted by atomic mass is 10.0. The SMILES string of the molecule is CCCN(C(=O)C(C)C(C)N)C1CCS(=O)(=O)C1.Cl. The zero-order valence-electron chi connectivity index (χ0n) is 11.8. The normalized spacial score (nSPS) is 24.3. The molecule has 0 aromatic rings. The second kappa shape index (κ2) is 7.45. The number of carbonyl (C=O) groups excluding carboxylic acids is 1. The zero-order valence-corrected chi connectivity index (χ0v) is 13.5. The number of amides is 1. The molecule has 1 amide bonds. The zero-order chi connectivity index (χ0) is 13.9. The van der Waals surface area contributed by atoms with Gasteiger partial charge in [0, 0.05) is 18.6 Å². The maximum Gasteiger partial charge on any atom is 0.227 e. The molecule has 1 saturated heterocycles. The van der Waals surface area contributed by atoms with Crippen LogP contribution >= 0.6 is 12.4 Å². The molecule has 0 aromatic heterocycles. The first-order valence-corrected chi connectivity index (χ1v) is 8.37. The fourth-order valence-electron chi connectivity index (χ4n) is 2.22. The van der Waals surface area contributed by atoms with Crippen LogP contribution in [0, 0.1) is 5.92 Å². The van der Waals surface area contributed by atoms with Crippen LogP contribution in [-0.2, 0) is 14.6 Å². The van der Waals surface area contributed by atoms with Crippen LogP contribution in [0.2, 0.25) is 0 Å². The van der Waals surface area contributed by atoms with Crippen LogP contribution in [0.5, 0.6) is 0 Å². The fourth-order valence-corrected chi connectivity index (χ4v) is 3.95. The summed E-state index contributed by atoms with van der Waals surface area (Å²) in [6.07, 6.45) is 1.38. The molecule has 1 heterocycles. The van der Waals surface area contributed by atoms with Crippen molar-refractivity contribution in [1.82, 2.24) is 4.90 Å². The Hall–Kier alpha value is -0.330. The Morgan fingerprint density at radius 3 is 2.37 bits per heavy atom. The van der Waals surface area contributed by atoms with Gasteiger partial charge in [-0.1, -0.05) is 13.8 Å². The fraction of sp³-hybridized carbons (Fsp3) is 0.917. The molecular weight excluding hydrogens is 288 g/mol. The standard InChI is InChI=1S/C12H24N2O3S.ClH/c1-4-6-14(12(15)9(2)10(3)13)11-5-7-18(16,17)8-11;/h9-11H,4-8,13H2,1-3H3;1H. The maximum atomic E-state index is 12.3. The van der Waals surface area contributed by atoms with Crippen molar-refractivity contribution in [3.05, 3.63) is 0 Å². The minimum Gasteiger partial charge on any atom is -0.338 e. The number of rotatable bonds is 5. The van der Waals surface area contributed by atoms with Crippen molar-refractivity contribution < 1.29 is 13.2 Å². The monoisotopic (exact) mass is 312 g/mol. The second-order valence-electron chi connectivity index (χ2n) is 5.24. The van der Waals surface area contributed by atoms with E-state index in [9.17, 15) is 13.2 Å². The summed E-state index contributed by atoms with van der Waals surface area (Å²) in [6.45, 7) is 6.20. The summed E-state index contributed by atoms with van der Waals surface area (Å²) in [7, 11) is -2.96. The average molecular weight is 313 g/mol. The molecule has 1 aliphatic rings. The van der Waals surface area contributed by atoms with Gasteiger partial charge in [-0.05, 0) is 19.8 Å². The van der Waals surface area contributed by atoms with Crippen LogP contribution in [-0.4, -0.2) is 49.4 Å². The van der Waals surface area contributed by atoms with E-state index in [1.54, 1.807) is 18.7 Å². The van der Waals surface area contributed by atoms with Gasteiger partial charge in [0.1, 0.15) is 0 Å². The number of carbonyl (C=O) groups is 1. The number of sulfone groups is 1. The third-order valence-corrected chi connectivity index (χ3v) is 5.33. The molecule has 3 unspecified atom stereocenters. The van der Waals surface area contributed by atoms with E-state index in [2.05, 4.69) is 0 Å². The van der Waals surface area contributed by atoms with Gasteiger partial charge in [-0.15, -0.1) is 12.4 Å². The summed E-state index contributed by atoms with van der Waals surface area (Å²) in [5.41, 5.74) is 5.76. The van der Waals surface area contributed by atoms with E-state index < -0.39 is 9.84 Å². The van der Waals surface area contributed by atoms with Crippen LogP contribution in [0.1, 0.15) is 33.6 Å². The largest absolute Gasteiger partial charge is 0.338 e. The minimum absolute atomic E-state index is 0. The summed E-state index contributed by atoms with van der Waals surface area (Å²) in [5.74, 6) is 0.0103. The Bertz CT molecular complexity index is 398. The van der Waals surface area contributed by atoms with E-state index in [-0.39, 0.29) is 47.8 Å². The van der Waals surface area contributed by atoms with Crippen molar-refractivity contribution in [3.8, 4) is 0 Å². The highest BCUT2D eigenvalue weighted by molar-refractivity contribution is 7.91. The van der Waals surface area contributed by atoms with Gasteiger partial charge in [-0.25, -0.2) is 8.42 Å². The summed E-state index contributed by atoms with van der Waals surface area (Å²) in [6, 6.07) is -0.376. The number of hydrogen-bond acceptors (Lipinski definition) is 4. The van der Waals surface area contributed by atoms with E-state index in [0.717, 1.165) is 6.42 Å². The molecule has 0 aliphatic carbocycles. The molecule has 3 atom stereocenters. The molecule has 0 bridgehead atoms. The lowest BCUT2D eigenvalue weighted by Gasteiger charge is -2.31. The highest BCUT2D eigenvalue weighted by atomic mass is 35.5. The van der Waals surface area contributed by atoms with Gasteiger partial charge in [-0.2, -0.15) is 0 Å². The molecule has 0 spiro atoms. The average Bonchev–Trinajstić information content (AvgIpc) is 2.64.